The van der Waals surface area contributed by atoms with Crippen LogP contribution in [0.15, 0.2) is 0 Å². The summed E-state index contributed by atoms with van der Waals surface area (Å²) < 4.78 is 5.02. The van der Waals surface area contributed by atoms with E-state index < -0.39 is 24.3 Å². The summed E-state index contributed by atoms with van der Waals surface area (Å²) in [6, 6.07) is 0. The average Bonchev–Trinajstić information content (AvgIpc) is 2.36. The Morgan fingerprint density at radius 2 is 1.83 bits per heavy atom. The smallest absolute Gasteiger partial charge is 0.308 e. The van der Waals surface area contributed by atoms with Crippen LogP contribution in [0.25, 0.3) is 0 Å². The molecule has 7 nitrogen and oxygen atoms in total. The second kappa shape index (κ2) is 10.6. The van der Waals surface area contributed by atoms with E-state index in [-0.39, 0.29) is 37.3 Å². The molecule has 0 saturated carbocycles. The van der Waals surface area contributed by atoms with E-state index in [2.05, 4.69) is 0 Å². The lowest BCUT2D eigenvalue weighted by Gasteiger charge is -2.28. The van der Waals surface area contributed by atoms with Gasteiger partial charge in [0.15, 0.2) is 0 Å². The minimum atomic E-state index is -1.04. The molecule has 0 spiro atoms. The molecule has 0 aromatic carbocycles. The fraction of sp³-hybridized carbons (Fsp3) is 0.875. The molecule has 1 rings (SSSR count). The SMILES string of the molecule is CC(C)[C@@H](O)C[C@@H](O)CC(=O)O.CC(C)[C@@H]1C[C@@H](O)CC(=O)O1. The largest absolute Gasteiger partial charge is 0.481 e. The minimum absolute atomic E-state index is 0.0495. The molecular weight excluding hydrogens is 304 g/mol. The van der Waals surface area contributed by atoms with Gasteiger partial charge < -0.3 is 25.2 Å². The molecule has 0 radical (unpaired) electrons. The van der Waals surface area contributed by atoms with Gasteiger partial charge >= 0.3 is 11.9 Å². The van der Waals surface area contributed by atoms with Crippen LogP contribution in [0.2, 0.25) is 0 Å². The molecule has 0 bridgehead atoms. The molecule has 1 aliphatic rings. The van der Waals surface area contributed by atoms with Crippen LogP contribution in [0.3, 0.4) is 0 Å². The van der Waals surface area contributed by atoms with Crippen molar-refractivity contribution < 1.29 is 34.8 Å². The summed E-state index contributed by atoms with van der Waals surface area (Å²) in [7, 11) is 0. The molecule has 4 N–H and O–H groups in total. The number of rotatable bonds is 6. The highest BCUT2D eigenvalue weighted by atomic mass is 16.5. The van der Waals surface area contributed by atoms with E-state index in [9.17, 15) is 19.8 Å². The Kier molecular flexibility index (Phi) is 10.0. The average molecular weight is 334 g/mol. The van der Waals surface area contributed by atoms with Crippen molar-refractivity contribution in [2.45, 2.75) is 77.8 Å². The summed E-state index contributed by atoms with van der Waals surface area (Å²) in [4.78, 5) is 20.9. The third-order valence-corrected chi connectivity index (χ3v) is 3.63. The standard InChI is InChI=1S/C8H16O4.C8H14O3/c1-5(2)7(10)3-6(9)4-8(11)12;1-5(2)7-3-6(9)4-8(10)11-7/h5-7,9-10H,3-4H2,1-2H3,(H,11,12);5-7,9H,3-4H2,1-2H3/t2*6-,7+/m11/s1. The molecule has 4 atom stereocenters. The third kappa shape index (κ3) is 10.3. The first kappa shape index (κ1) is 21.8. The number of aliphatic hydroxyl groups is 3. The van der Waals surface area contributed by atoms with Gasteiger partial charge in [-0.1, -0.05) is 27.7 Å². The molecule has 136 valence electrons. The molecule has 23 heavy (non-hydrogen) atoms. The van der Waals surface area contributed by atoms with Crippen LogP contribution in [0.4, 0.5) is 0 Å². The second-order valence-corrected chi connectivity index (χ2v) is 6.66. The maximum atomic E-state index is 10.8. The number of ether oxygens (including phenoxy) is 1. The van der Waals surface area contributed by atoms with Crippen molar-refractivity contribution in [3.8, 4) is 0 Å². The highest BCUT2D eigenvalue weighted by molar-refractivity contribution is 5.71. The van der Waals surface area contributed by atoms with Crippen molar-refractivity contribution in [2.75, 3.05) is 0 Å². The number of aliphatic carboxylic acids is 1. The van der Waals surface area contributed by atoms with Crippen LogP contribution in [-0.4, -0.2) is 56.8 Å². The molecule has 1 saturated heterocycles. The molecule has 0 unspecified atom stereocenters. The Morgan fingerprint density at radius 3 is 2.22 bits per heavy atom. The summed E-state index contributed by atoms with van der Waals surface area (Å²) >= 11 is 0. The van der Waals surface area contributed by atoms with Crippen molar-refractivity contribution in [3.05, 3.63) is 0 Å². The molecule has 7 heteroatoms. The molecule has 0 amide bonds. The number of cyclic esters (lactones) is 1. The van der Waals surface area contributed by atoms with E-state index in [0.717, 1.165) is 0 Å². The molecule has 1 fully saturated rings. The van der Waals surface area contributed by atoms with E-state index in [1.807, 2.05) is 27.7 Å². The van der Waals surface area contributed by atoms with E-state index in [1.165, 1.54) is 0 Å². The maximum absolute atomic E-state index is 10.8. The number of esters is 1. The predicted octanol–water partition coefficient (Wildman–Crippen LogP) is 0.938. The number of carbonyl (C=O) groups is 2. The first-order valence-electron chi connectivity index (χ1n) is 7.98. The minimum Gasteiger partial charge on any atom is -0.481 e. The van der Waals surface area contributed by atoms with Gasteiger partial charge in [0.05, 0.1) is 31.2 Å². The van der Waals surface area contributed by atoms with Crippen molar-refractivity contribution >= 4 is 11.9 Å². The Balaban J connectivity index is 0.000000422. The van der Waals surface area contributed by atoms with Crippen molar-refractivity contribution in [1.29, 1.82) is 0 Å². The molecule has 1 heterocycles. The van der Waals surface area contributed by atoms with Gasteiger partial charge in [0, 0.05) is 12.8 Å². The first-order valence-corrected chi connectivity index (χ1v) is 7.98. The Bertz CT molecular complexity index is 367. The van der Waals surface area contributed by atoms with Crippen LogP contribution in [0, 0.1) is 11.8 Å². The van der Waals surface area contributed by atoms with Crippen molar-refractivity contribution in [2.24, 2.45) is 11.8 Å². The van der Waals surface area contributed by atoms with E-state index in [1.54, 1.807) is 0 Å². The molecule has 0 aromatic rings. The van der Waals surface area contributed by atoms with E-state index >= 15 is 0 Å². The summed E-state index contributed by atoms with van der Waals surface area (Å²) in [6.07, 6.45) is -1.59. The number of carboxylic acids is 1. The van der Waals surface area contributed by atoms with Crippen LogP contribution in [-0.2, 0) is 14.3 Å². The number of hydrogen-bond acceptors (Lipinski definition) is 6. The first-order chi connectivity index (χ1) is 10.5. The second-order valence-electron chi connectivity index (χ2n) is 6.66. The quantitative estimate of drug-likeness (QED) is 0.533. The lowest BCUT2D eigenvalue weighted by atomic mass is 9.97. The fourth-order valence-electron chi connectivity index (χ4n) is 2.05. The fourth-order valence-corrected chi connectivity index (χ4v) is 2.05. The number of carboxylic acid groups (broad SMARTS) is 1. The van der Waals surface area contributed by atoms with Crippen LogP contribution >= 0.6 is 0 Å². The third-order valence-electron chi connectivity index (χ3n) is 3.63. The highest BCUT2D eigenvalue weighted by Crippen LogP contribution is 2.20. The van der Waals surface area contributed by atoms with Crippen LogP contribution in [0.5, 0.6) is 0 Å². The van der Waals surface area contributed by atoms with Crippen LogP contribution in [0.1, 0.15) is 53.4 Å². The molecular formula is C16H30O7. The summed E-state index contributed by atoms with van der Waals surface area (Å²) in [5, 5.41) is 35.8. The summed E-state index contributed by atoms with van der Waals surface area (Å²) in [5.74, 6) is -0.969. The molecule has 1 aliphatic heterocycles. The van der Waals surface area contributed by atoms with Gasteiger partial charge in [0.1, 0.15) is 6.10 Å². The Hall–Kier alpha value is -1.18. The molecule has 0 aromatic heterocycles. The normalized spacial score (nSPS) is 23.8. The van der Waals surface area contributed by atoms with Crippen molar-refractivity contribution in [1.82, 2.24) is 0 Å². The predicted molar refractivity (Wildman–Crippen MR) is 83.7 cm³/mol. The van der Waals surface area contributed by atoms with Crippen molar-refractivity contribution in [3.63, 3.8) is 0 Å². The van der Waals surface area contributed by atoms with Gasteiger partial charge in [-0.05, 0) is 11.8 Å². The Morgan fingerprint density at radius 1 is 1.26 bits per heavy atom. The zero-order valence-electron chi connectivity index (χ0n) is 14.3. The number of hydrogen-bond donors (Lipinski definition) is 4. The van der Waals surface area contributed by atoms with Gasteiger partial charge in [0.25, 0.3) is 0 Å². The number of aliphatic hydroxyl groups excluding tert-OH is 3. The topological polar surface area (TPSA) is 124 Å². The van der Waals surface area contributed by atoms with Gasteiger partial charge in [-0.2, -0.15) is 0 Å². The van der Waals surface area contributed by atoms with Crippen LogP contribution < -0.4 is 0 Å². The lowest BCUT2D eigenvalue weighted by molar-refractivity contribution is -0.163. The summed E-state index contributed by atoms with van der Waals surface area (Å²) in [6.45, 7) is 7.60. The van der Waals surface area contributed by atoms with Gasteiger partial charge in [0.2, 0.25) is 0 Å². The highest BCUT2D eigenvalue weighted by Gasteiger charge is 2.28. The number of carbonyl (C=O) groups excluding carboxylic acids is 1. The van der Waals surface area contributed by atoms with Gasteiger partial charge in [-0.25, -0.2) is 0 Å². The van der Waals surface area contributed by atoms with E-state index in [4.69, 9.17) is 14.9 Å². The zero-order chi connectivity index (χ0) is 18.2. The van der Waals surface area contributed by atoms with Gasteiger partial charge in [-0.3, -0.25) is 9.59 Å². The molecule has 0 aliphatic carbocycles. The maximum Gasteiger partial charge on any atom is 0.308 e. The zero-order valence-corrected chi connectivity index (χ0v) is 14.3. The lowest BCUT2D eigenvalue weighted by Crippen LogP contribution is -2.35. The van der Waals surface area contributed by atoms with E-state index in [0.29, 0.717) is 12.3 Å². The monoisotopic (exact) mass is 334 g/mol. The summed E-state index contributed by atoms with van der Waals surface area (Å²) in [5.41, 5.74) is 0. The Labute approximate surface area is 137 Å². The van der Waals surface area contributed by atoms with Gasteiger partial charge in [-0.15, -0.1) is 0 Å².